The maximum Gasteiger partial charge on any atom is 0.243 e. The van der Waals surface area contributed by atoms with Crippen LogP contribution in [0.3, 0.4) is 0 Å². The molecule has 0 radical (unpaired) electrons. The topological polar surface area (TPSA) is 71.5 Å². The van der Waals surface area contributed by atoms with Crippen LogP contribution in [-0.2, 0) is 14.8 Å². The zero-order valence-electron chi connectivity index (χ0n) is 15.3. The lowest BCUT2D eigenvalue weighted by molar-refractivity contribution is 0.0730. The number of nitrogens with zero attached hydrogens (tertiary/aromatic N) is 2. The zero-order valence-corrected chi connectivity index (χ0v) is 16.9. The Balaban J connectivity index is 1.46. The van der Waals surface area contributed by atoms with Crippen molar-refractivity contribution >= 4 is 26.5 Å². The van der Waals surface area contributed by atoms with E-state index in [9.17, 15) is 8.42 Å². The van der Waals surface area contributed by atoms with Crippen LogP contribution in [0, 0.1) is 0 Å². The smallest absolute Gasteiger partial charge is 0.243 e. The van der Waals surface area contributed by atoms with Gasteiger partial charge in [-0.15, -0.1) is 11.3 Å². The Bertz CT molecular complexity index is 853. The number of benzene rings is 1. The Morgan fingerprint density at radius 2 is 1.78 bits per heavy atom. The molecule has 1 N–H and O–H groups in total. The third-order valence-corrected chi connectivity index (χ3v) is 7.88. The highest BCUT2D eigenvalue weighted by Crippen LogP contribution is 2.29. The monoisotopic (exact) mass is 407 g/mol. The lowest BCUT2D eigenvalue weighted by Gasteiger charge is -2.26. The quantitative estimate of drug-likeness (QED) is 0.820. The first-order chi connectivity index (χ1) is 13.1. The summed E-state index contributed by atoms with van der Waals surface area (Å²) in [5, 5.41) is 6.51. The summed E-state index contributed by atoms with van der Waals surface area (Å²) in [6.45, 7) is 1.72. The molecule has 1 aromatic carbocycles. The number of morpholine rings is 1. The number of nitrogens with one attached hydrogen (secondary N) is 1. The van der Waals surface area contributed by atoms with Gasteiger partial charge in [0.1, 0.15) is 0 Å². The van der Waals surface area contributed by atoms with E-state index in [0.717, 1.165) is 16.4 Å². The first kappa shape index (κ1) is 18.9. The zero-order chi connectivity index (χ0) is 18.7. The van der Waals surface area contributed by atoms with Gasteiger partial charge in [0.05, 0.1) is 23.8 Å². The van der Waals surface area contributed by atoms with Gasteiger partial charge in [0.15, 0.2) is 5.13 Å². The number of hydrogen-bond acceptors (Lipinski definition) is 6. The van der Waals surface area contributed by atoms with Gasteiger partial charge in [-0.1, -0.05) is 31.4 Å². The summed E-state index contributed by atoms with van der Waals surface area (Å²) < 4.78 is 32.1. The van der Waals surface area contributed by atoms with Gasteiger partial charge in [-0.05, 0) is 25.0 Å². The lowest BCUT2D eigenvalue weighted by atomic mass is 9.96. The average molecular weight is 408 g/mol. The fraction of sp³-hybridized carbons (Fsp3) is 0.526. The second-order valence-electron chi connectivity index (χ2n) is 7.06. The molecular weight excluding hydrogens is 382 g/mol. The van der Waals surface area contributed by atoms with Crippen molar-refractivity contribution in [2.75, 3.05) is 31.6 Å². The van der Waals surface area contributed by atoms with Crippen LogP contribution < -0.4 is 5.32 Å². The molecule has 27 heavy (non-hydrogen) atoms. The van der Waals surface area contributed by atoms with Gasteiger partial charge in [-0.3, -0.25) is 0 Å². The van der Waals surface area contributed by atoms with Gasteiger partial charge in [0.2, 0.25) is 10.0 Å². The van der Waals surface area contributed by atoms with Crippen LogP contribution in [0.4, 0.5) is 5.13 Å². The van der Waals surface area contributed by atoms with Crippen molar-refractivity contribution < 1.29 is 13.2 Å². The van der Waals surface area contributed by atoms with Crippen molar-refractivity contribution in [3.63, 3.8) is 0 Å². The van der Waals surface area contributed by atoms with Crippen molar-refractivity contribution in [2.24, 2.45) is 0 Å². The first-order valence-corrected chi connectivity index (χ1v) is 11.9. The molecule has 0 bridgehead atoms. The summed E-state index contributed by atoms with van der Waals surface area (Å²) in [7, 11) is -3.45. The van der Waals surface area contributed by atoms with E-state index in [0.29, 0.717) is 37.2 Å². The number of sulfonamides is 1. The molecule has 0 unspecified atom stereocenters. The summed E-state index contributed by atoms with van der Waals surface area (Å²) >= 11 is 1.61. The minimum Gasteiger partial charge on any atom is -0.379 e. The van der Waals surface area contributed by atoms with Crippen LogP contribution in [0.1, 0.15) is 32.1 Å². The lowest BCUT2D eigenvalue weighted by Crippen LogP contribution is -2.40. The van der Waals surface area contributed by atoms with Crippen LogP contribution in [0.15, 0.2) is 34.5 Å². The molecule has 0 spiro atoms. The van der Waals surface area contributed by atoms with Gasteiger partial charge in [0.25, 0.3) is 0 Å². The Morgan fingerprint density at radius 1 is 1.07 bits per heavy atom. The summed E-state index contributed by atoms with van der Waals surface area (Å²) in [5.74, 6) is 0. The molecule has 146 valence electrons. The van der Waals surface area contributed by atoms with Crippen molar-refractivity contribution in [3.8, 4) is 11.3 Å². The van der Waals surface area contributed by atoms with Crippen LogP contribution >= 0.6 is 11.3 Å². The molecule has 1 saturated heterocycles. The molecule has 8 heteroatoms. The number of thiazole rings is 1. The fourth-order valence-electron chi connectivity index (χ4n) is 3.63. The second-order valence-corrected chi connectivity index (χ2v) is 9.85. The molecule has 1 saturated carbocycles. The van der Waals surface area contributed by atoms with Crippen LogP contribution in [0.25, 0.3) is 11.3 Å². The predicted octanol–water partition coefficient (Wildman–Crippen LogP) is 3.58. The number of hydrogen-bond donors (Lipinski definition) is 1. The van der Waals surface area contributed by atoms with E-state index >= 15 is 0 Å². The molecule has 0 amide bonds. The van der Waals surface area contributed by atoms with Gasteiger partial charge in [0, 0.05) is 30.1 Å². The van der Waals surface area contributed by atoms with Gasteiger partial charge < -0.3 is 10.1 Å². The molecular formula is C19H25N3O3S2. The van der Waals surface area contributed by atoms with Gasteiger partial charge in [-0.25, -0.2) is 13.4 Å². The molecule has 6 nitrogen and oxygen atoms in total. The largest absolute Gasteiger partial charge is 0.379 e. The Morgan fingerprint density at radius 3 is 2.48 bits per heavy atom. The SMILES string of the molecule is O=S(=O)(c1ccc(-c2csc(NC3CCCCC3)n2)cc1)N1CCOCC1. The molecule has 4 rings (SSSR count). The highest BCUT2D eigenvalue weighted by Gasteiger charge is 2.26. The van der Waals surface area contributed by atoms with Crippen molar-refractivity contribution in [1.29, 1.82) is 0 Å². The van der Waals surface area contributed by atoms with E-state index in [4.69, 9.17) is 4.74 Å². The Hall–Kier alpha value is -1.48. The molecule has 2 aromatic rings. The van der Waals surface area contributed by atoms with E-state index in [1.54, 1.807) is 23.5 Å². The van der Waals surface area contributed by atoms with Crippen molar-refractivity contribution in [1.82, 2.24) is 9.29 Å². The van der Waals surface area contributed by atoms with Gasteiger partial charge in [-0.2, -0.15) is 4.31 Å². The van der Waals surface area contributed by atoms with Crippen LogP contribution in [-0.4, -0.2) is 50.1 Å². The van der Waals surface area contributed by atoms with E-state index in [2.05, 4.69) is 10.3 Å². The maximum atomic E-state index is 12.7. The van der Waals surface area contributed by atoms with Gasteiger partial charge >= 0.3 is 0 Å². The minimum atomic E-state index is -3.45. The van der Waals surface area contributed by atoms with Crippen LogP contribution in [0.2, 0.25) is 0 Å². The molecule has 2 fully saturated rings. The molecule has 2 aliphatic rings. The molecule has 2 heterocycles. The Labute approximate surface area is 164 Å². The molecule has 1 aromatic heterocycles. The van der Waals surface area contributed by atoms with E-state index < -0.39 is 10.0 Å². The Kier molecular flexibility index (Phi) is 5.77. The highest BCUT2D eigenvalue weighted by molar-refractivity contribution is 7.89. The number of aromatic nitrogens is 1. The summed E-state index contributed by atoms with van der Waals surface area (Å²) in [6, 6.07) is 7.56. The van der Waals surface area contributed by atoms with Crippen molar-refractivity contribution in [2.45, 2.75) is 43.0 Å². The van der Waals surface area contributed by atoms with Crippen molar-refractivity contribution in [3.05, 3.63) is 29.6 Å². The molecule has 1 aliphatic carbocycles. The van der Waals surface area contributed by atoms with E-state index in [1.165, 1.54) is 36.4 Å². The van der Waals surface area contributed by atoms with E-state index in [-0.39, 0.29) is 0 Å². The third-order valence-electron chi connectivity index (χ3n) is 5.19. The average Bonchev–Trinajstić information content (AvgIpc) is 3.18. The molecule has 1 aliphatic heterocycles. The van der Waals surface area contributed by atoms with E-state index in [1.807, 2.05) is 17.5 Å². The third kappa shape index (κ3) is 4.34. The fourth-order valence-corrected chi connectivity index (χ4v) is 5.83. The van der Waals surface area contributed by atoms with Crippen LogP contribution in [0.5, 0.6) is 0 Å². The standard InChI is InChI=1S/C19H25N3O3S2/c23-27(24,22-10-12-25-13-11-22)17-8-6-15(7-9-17)18-14-26-19(21-18)20-16-4-2-1-3-5-16/h6-9,14,16H,1-5,10-13H2,(H,20,21). The number of ether oxygens (including phenoxy) is 1. The minimum absolute atomic E-state index is 0.323. The normalized spacial score (nSPS) is 19.9. The predicted molar refractivity (Wildman–Crippen MR) is 108 cm³/mol. The molecule has 0 atom stereocenters. The second kappa shape index (κ2) is 8.26. The maximum absolute atomic E-state index is 12.7. The highest BCUT2D eigenvalue weighted by atomic mass is 32.2. The number of anilines is 1. The number of rotatable bonds is 5. The summed E-state index contributed by atoms with van der Waals surface area (Å²) in [6.07, 6.45) is 6.33. The summed E-state index contributed by atoms with van der Waals surface area (Å²) in [5.41, 5.74) is 1.82. The first-order valence-electron chi connectivity index (χ1n) is 9.53. The summed E-state index contributed by atoms with van der Waals surface area (Å²) in [4.78, 5) is 5.01.